The first-order chi connectivity index (χ1) is 11.5. The van der Waals surface area contributed by atoms with Gasteiger partial charge in [0.05, 0.1) is 11.4 Å². The van der Waals surface area contributed by atoms with E-state index in [1.54, 1.807) is 31.2 Å². The molecular formula is C18H20N2O3S. The van der Waals surface area contributed by atoms with E-state index in [9.17, 15) is 13.2 Å². The summed E-state index contributed by atoms with van der Waals surface area (Å²) in [5.74, 6) is -0.0942. The summed E-state index contributed by atoms with van der Waals surface area (Å²) in [6, 6.07) is 14.4. The number of anilines is 2. The number of amides is 1. The molecule has 1 amide bonds. The third-order valence-corrected chi connectivity index (χ3v) is 5.93. The monoisotopic (exact) mass is 344 g/mol. The van der Waals surface area contributed by atoms with Crippen molar-refractivity contribution < 1.29 is 13.2 Å². The van der Waals surface area contributed by atoms with Crippen LogP contribution < -0.4 is 9.62 Å². The number of benzene rings is 2. The van der Waals surface area contributed by atoms with Crippen LogP contribution in [0.1, 0.15) is 29.3 Å². The Morgan fingerprint density at radius 3 is 2.62 bits per heavy atom. The molecule has 0 aliphatic carbocycles. The zero-order valence-electron chi connectivity index (χ0n) is 13.5. The van der Waals surface area contributed by atoms with Gasteiger partial charge in [-0.3, -0.25) is 9.10 Å². The second kappa shape index (κ2) is 6.65. The fourth-order valence-corrected chi connectivity index (χ4v) is 4.07. The molecule has 0 radical (unpaired) electrons. The maximum absolute atomic E-state index is 12.2. The first kappa shape index (κ1) is 16.5. The van der Waals surface area contributed by atoms with E-state index in [4.69, 9.17) is 0 Å². The minimum Gasteiger partial charge on any atom is -0.322 e. The SMILES string of the molecule is CCS(=O)(=O)N1CCCc2cc(NC(=O)c3ccccc3)ccc21. The Hall–Kier alpha value is -2.34. The van der Waals surface area contributed by atoms with Crippen molar-refractivity contribution in [3.8, 4) is 0 Å². The molecule has 0 aromatic heterocycles. The Balaban J connectivity index is 1.85. The van der Waals surface area contributed by atoms with Gasteiger partial charge in [-0.25, -0.2) is 8.42 Å². The highest BCUT2D eigenvalue weighted by atomic mass is 32.2. The third kappa shape index (κ3) is 3.28. The summed E-state index contributed by atoms with van der Waals surface area (Å²) in [7, 11) is -3.27. The molecule has 0 bridgehead atoms. The number of carbonyl (C=O) groups excluding carboxylic acids is 1. The number of sulfonamides is 1. The van der Waals surface area contributed by atoms with Gasteiger partial charge in [-0.05, 0) is 55.7 Å². The van der Waals surface area contributed by atoms with Gasteiger partial charge in [0, 0.05) is 17.8 Å². The fraction of sp³-hybridized carbons (Fsp3) is 0.278. The molecule has 5 nitrogen and oxygen atoms in total. The molecule has 2 aromatic carbocycles. The predicted molar refractivity (Wildman–Crippen MR) is 96.0 cm³/mol. The molecule has 1 N–H and O–H groups in total. The van der Waals surface area contributed by atoms with E-state index in [2.05, 4.69) is 5.32 Å². The highest BCUT2D eigenvalue weighted by molar-refractivity contribution is 7.92. The molecule has 0 fully saturated rings. The largest absolute Gasteiger partial charge is 0.322 e. The van der Waals surface area contributed by atoms with Crippen LogP contribution >= 0.6 is 0 Å². The summed E-state index contributed by atoms with van der Waals surface area (Å²) in [5, 5.41) is 2.87. The van der Waals surface area contributed by atoms with Crippen molar-refractivity contribution in [2.45, 2.75) is 19.8 Å². The zero-order chi connectivity index (χ0) is 17.2. The van der Waals surface area contributed by atoms with Crippen LogP contribution in [0, 0.1) is 0 Å². The lowest BCUT2D eigenvalue weighted by Crippen LogP contribution is -2.36. The van der Waals surface area contributed by atoms with Crippen molar-refractivity contribution in [2.75, 3.05) is 21.9 Å². The molecule has 0 spiro atoms. The molecule has 0 unspecified atom stereocenters. The normalized spacial score (nSPS) is 14.1. The molecule has 24 heavy (non-hydrogen) atoms. The van der Waals surface area contributed by atoms with Gasteiger partial charge in [0.25, 0.3) is 5.91 Å². The standard InChI is InChI=1S/C18H20N2O3S/c1-2-24(22,23)20-12-6-9-15-13-16(10-11-17(15)20)19-18(21)14-7-4-3-5-8-14/h3-5,7-8,10-11,13H,2,6,9,12H2,1H3,(H,19,21). The Kier molecular flexibility index (Phi) is 4.57. The second-order valence-corrected chi connectivity index (χ2v) is 7.92. The van der Waals surface area contributed by atoms with Gasteiger partial charge in [0.2, 0.25) is 10.0 Å². The molecule has 1 aliphatic heterocycles. The van der Waals surface area contributed by atoms with Crippen LogP contribution in [0.15, 0.2) is 48.5 Å². The van der Waals surface area contributed by atoms with Crippen molar-refractivity contribution >= 4 is 27.3 Å². The molecule has 0 atom stereocenters. The summed E-state index contributed by atoms with van der Waals surface area (Å²) >= 11 is 0. The molecule has 126 valence electrons. The fourth-order valence-electron chi connectivity index (χ4n) is 2.88. The van der Waals surface area contributed by atoms with Crippen LogP contribution in [-0.4, -0.2) is 26.6 Å². The van der Waals surface area contributed by atoms with Crippen LogP contribution in [0.25, 0.3) is 0 Å². The minimum atomic E-state index is -3.27. The highest BCUT2D eigenvalue weighted by Gasteiger charge is 2.26. The molecular weight excluding hydrogens is 324 g/mol. The van der Waals surface area contributed by atoms with Gasteiger partial charge in [-0.2, -0.15) is 0 Å². The van der Waals surface area contributed by atoms with Gasteiger partial charge in [0.1, 0.15) is 0 Å². The number of hydrogen-bond acceptors (Lipinski definition) is 3. The van der Waals surface area contributed by atoms with Gasteiger partial charge in [-0.1, -0.05) is 18.2 Å². The Labute approximate surface area is 142 Å². The van der Waals surface area contributed by atoms with Gasteiger partial charge in [-0.15, -0.1) is 0 Å². The maximum atomic E-state index is 12.2. The number of rotatable bonds is 4. The molecule has 0 saturated heterocycles. The summed E-state index contributed by atoms with van der Waals surface area (Å²) in [4.78, 5) is 12.2. The van der Waals surface area contributed by atoms with Crippen LogP contribution in [0.5, 0.6) is 0 Å². The lowest BCUT2D eigenvalue weighted by Gasteiger charge is -2.30. The minimum absolute atomic E-state index is 0.0823. The number of nitrogens with one attached hydrogen (secondary N) is 1. The number of carbonyl (C=O) groups is 1. The number of nitrogens with zero attached hydrogens (tertiary/aromatic N) is 1. The highest BCUT2D eigenvalue weighted by Crippen LogP contribution is 2.31. The van der Waals surface area contributed by atoms with Crippen molar-refractivity contribution in [1.82, 2.24) is 0 Å². The zero-order valence-corrected chi connectivity index (χ0v) is 14.3. The summed E-state index contributed by atoms with van der Waals surface area (Å²) < 4.78 is 25.9. The number of hydrogen-bond donors (Lipinski definition) is 1. The van der Waals surface area contributed by atoms with Crippen LogP contribution in [0.4, 0.5) is 11.4 Å². The molecule has 3 rings (SSSR count). The maximum Gasteiger partial charge on any atom is 0.255 e. The van der Waals surface area contributed by atoms with Crippen molar-refractivity contribution in [3.63, 3.8) is 0 Å². The summed E-state index contributed by atoms with van der Waals surface area (Å²) in [6.45, 7) is 2.16. The molecule has 1 aliphatic rings. The molecule has 0 saturated carbocycles. The number of fused-ring (bicyclic) bond motifs is 1. The molecule has 1 heterocycles. The smallest absolute Gasteiger partial charge is 0.255 e. The Morgan fingerprint density at radius 2 is 1.92 bits per heavy atom. The van der Waals surface area contributed by atoms with E-state index < -0.39 is 10.0 Å². The Bertz CT molecular complexity index is 848. The quantitative estimate of drug-likeness (QED) is 0.927. The second-order valence-electron chi connectivity index (χ2n) is 5.74. The Morgan fingerprint density at radius 1 is 1.17 bits per heavy atom. The van der Waals surface area contributed by atoms with E-state index in [1.165, 1.54) is 4.31 Å². The predicted octanol–water partition coefficient (Wildman–Crippen LogP) is 3.04. The van der Waals surface area contributed by atoms with E-state index >= 15 is 0 Å². The van der Waals surface area contributed by atoms with E-state index in [0.717, 1.165) is 24.1 Å². The summed E-state index contributed by atoms with van der Waals surface area (Å²) in [5.41, 5.74) is 2.94. The van der Waals surface area contributed by atoms with Crippen molar-refractivity contribution in [3.05, 3.63) is 59.7 Å². The average molecular weight is 344 g/mol. The van der Waals surface area contributed by atoms with Gasteiger partial charge >= 0.3 is 0 Å². The van der Waals surface area contributed by atoms with Crippen LogP contribution in [-0.2, 0) is 16.4 Å². The number of aryl methyl sites for hydroxylation is 1. The van der Waals surface area contributed by atoms with Crippen LogP contribution in [0.2, 0.25) is 0 Å². The molecule has 6 heteroatoms. The van der Waals surface area contributed by atoms with E-state index in [0.29, 0.717) is 17.8 Å². The third-order valence-electron chi connectivity index (χ3n) is 4.15. The van der Waals surface area contributed by atoms with Gasteiger partial charge in [0.15, 0.2) is 0 Å². The lowest BCUT2D eigenvalue weighted by atomic mass is 10.0. The van der Waals surface area contributed by atoms with E-state index in [1.807, 2.05) is 24.3 Å². The van der Waals surface area contributed by atoms with Crippen LogP contribution in [0.3, 0.4) is 0 Å². The first-order valence-electron chi connectivity index (χ1n) is 8.01. The summed E-state index contributed by atoms with van der Waals surface area (Å²) in [6.07, 6.45) is 1.59. The average Bonchev–Trinajstić information content (AvgIpc) is 2.61. The lowest BCUT2D eigenvalue weighted by molar-refractivity contribution is 0.102. The first-order valence-corrected chi connectivity index (χ1v) is 9.62. The molecule has 2 aromatic rings. The van der Waals surface area contributed by atoms with Gasteiger partial charge < -0.3 is 5.32 Å². The van der Waals surface area contributed by atoms with Crippen molar-refractivity contribution in [2.24, 2.45) is 0 Å². The van der Waals surface area contributed by atoms with E-state index in [-0.39, 0.29) is 11.7 Å². The van der Waals surface area contributed by atoms with Crippen molar-refractivity contribution in [1.29, 1.82) is 0 Å². The topological polar surface area (TPSA) is 66.5 Å².